The highest BCUT2D eigenvalue weighted by atomic mass is 32.1. The van der Waals surface area contributed by atoms with Crippen molar-refractivity contribution in [1.82, 2.24) is 0 Å². The van der Waals surface area contributed by atoms with Gasteiger partial charge in [-0.25, -0.2) is 4.79 Å². The number of benzene rings is 1. The molecule has 3 aromatic rings. The molecule has 5 heterocycles. The SMILES string of the molecule is O=C(OC1C[N+]2(CCCNc3ccccc3)CCC1CC2)C(O)(c1cccs1)c1cccs1. The summed E-state index contributed by atoms with van der Waals surface area (Å²) < 4.78 is 7.15. The Bertz CT molecular complexity index is 995. The summed E-state index contributed by atoms with van der Waals surface area (Å²) in [4.78, 5) is 14.7. The molecule has 1 unspecified atom stereocenters. The highest BCUT2D eigenvalue weighted by Crippen LogP contribution is 2.40. The molecule has 0 spiro atoms. The molecule has 7 heteroatoms. The van der Waals surface area contributed by atoms with E-state index < -0.39 is 11.6 Å². The van der Waals surface area contributed by atoms with Crippen molar-refractivity contribution >= 4 is 34.3 Å². The summed E-state index contributed by atoms with van der Waals surface area (Å²) in [5.41, 5.74) is -0.568. The third-order valence-electron chi connectivity index (χ3n) is 7.26. The smallest absolute Gasteiger partial charge is 0.349 e. The molecule has 174 valence electrons. The number of ether oxygens (including phenoxy) is 1. The Balaban J connectivity index is 1.24. The predicted octanol–water partition coefficient (Wildman–Crippen LogP) is 4.70. The van der Waals surface area contributed by atoms with Crippen LogP contribution in [0.5, 0.6) is 0 Å². The maximum Gasteiger partial charge on any atom is 0.349 e. The summed E-state index contributed by atoms with van der Waals surface area (Å²) in [6.45, 7) is 5.19. The van der Waals surface area contributed by atoms with Crippen molar-refractivity contribution < 1.29 is 19.1 Å². The minimum Gasteiger partial charge on any atom is -0.453 e. The van der Waals surface area contributed by atoms with Crippen molar-refractivity contribution in [3.05, 3.63) is 75.1 Å². The van der Waals surface area contributed by atoms with Gasteiger partial charge in [-0.05, 0) is 35.0 Å². The third-order valence-corrected chi connectivity index (χ3v) is 9.22. The molecule has 0 saturated carbocycles. The molecule has 33 heavy (non-hydrogen) atoms. The molecule has 0 radical (unpaired) electrons. The molecule has 1 aromatic carbocycles. The lowest BCUT2D eigenvalue weighted by atomic mass is 9.83. The molecule has 6 rings (SSSR count). The van der Waals surface area contributed by atoms with Crippen molar-refractivity contribution in [3.63, 3.8) is 0 Å². The van der Waals surface area contributed by atoms with Gasteiger partial charge >= 0.3 is 5.97 Å². The van der Waals surface area contributed by atoms with E-state index in [1.807, 2.05) is 53.2 Å². The number of carbonyl (C=O) groups is 1. The molecule has 3 fully saturated rings. The van der Waals surface area contributed by atoms with Crippen LogP contribution in [0.15, 0.2) is 65.4 Å². The number of nitrogens with one attached hydrogen (secondary N) is 1. The first-order valence-electron chi connectivity index (χ1n) is 11.7. The number of aliphatic hydroxyl groups is 1. The van der Waals surface area contributed by atoms with Gasteiger partial charge in [0.05, 0.1) is 29.4 Å². The Morgan fingerprint density at radius 1 is 1.03 bits per heavy atom. The number of anilines is 1. The average molecular weight is 484 g/mol. The number of quaternary nitrogens is 1. The summed E-state index contributed by atoms with van der Waals surface area (Å²) in [7, 11) is 0. The van der Waals surface area contributed by atoms with Gasteiger partial charge in [-0.15, -0.1) is 22.7 Å². The minimum absolute atomic E-state index is 0.131. The maximum atomic E-state index is 13.5. The van der Waals surface area contributed by atoms with Crippen molar-refractivity contribution in [2.75, 3.05) is 38.0 Å². The number of rotatable bonds is 9. The largest absolute Gasteiger partial charge is 0.453 e. The van der Waals surface area contributed by atoms with Gasteiger partial charge in [-0.1, -0.05) is 30.3 Å². The van der Waals surface area contributed by atoms with Gasteiger partial charge in [0.15, 0.2) is 6.10 Å². The summed E-state index contributed by atoms with van der Waals surface area (Å²) >= 11 is 2.78. The van der Waals surface area contributed by atoms with Crippen molar-refractivity contribution in [3.8, 4) is 0 Å². The predicted molar refractivity (Wildman–Crippen MR) is 134 cm³/mol. The Morgan fingerprint density at radius 2 is 1.70 bits per heavy atom. The van der Waals surface area contributed by atoms with E-state index in [2.05, 4.69) is 17.4 Å². The van der Waals surface area contributed by atoms with E-state index in [0.717, 1.165) is 62.2 Å². The summed E-state index contributed by atoms with van der Waals surface area (Å²) in [5.74, 6) is -0.137. The molecule has 1 atom stereocenters. The Labute approximate surface area is 203 Å². The quantitative estimate of drug-likeness (QED) is 0.263. The normalized spacial score (nSPS) is 24.5. The standard InChI is InChI=1S/C26H31N2O3S2/c29-25(26(30,23-9-4-17-32-23)24-10-5-18-33-24)31-22-19-28(15-11-20(22)12-16-28)14-6-13-27-21-7-2-1-3-8-21/h1-5,7-10,17-18,20,22,27,30H,6,11-16,19H2/q+1. The van der Waals surface area contributed by atoms with Gasteiger partial charge < -0.3 is 19.6 Å². The average Bonchev–Trinajstić information content (AvgIpc) is 3.58. The number of fused-ring (bicyclic) bond motifs is 3. The van der Waals surface area contributed by atoms with E-state index in [9.17, 15) is 9.90 Å². The zero-order chi connectivity index (χ0) is 22.7. The first kappa shape index (κ1) is 22.6. The van der Waals surface area contributed by atoms with E-state index in [1.165, 1.54) is 22.7 Å². The lowest BCUT2D eigenvalue weighted by Gasteiger charge is -2.52. The van der Waals surface area contributed by atoms with Gasteiger partial charge in [0, 0.05) is 37.4 Å². The number of esters is 1. The fraction of sp³-hybridized carbons (Fsp3) is 0.423. The van der Waals surface area contributed by atoms with Crippen LogP contribution in [0.3, 0.4) is 0 Å². The maximum absolute atomic E-state index is 13.5. The lowest BCUT2D eigenvalue weighted by molar-refractivity contribution is -0.946. The highest BCUT2D eigenvalue weighted by Gasteiger charge is 2.51. The summed E-state index contributed by atoms with van der Waals surface area (Å²) in [6, 6.07) is 17.7. The lowest BCUT2D eigenvalue weighted by Crippen LogP contribution is -2.65. The number of nitrogens with zero attached hydrogens (tertiary/aromatic N) is 1. The van der Waals surface area contributed by atoms with E-state index in [1.54, 1.807) is 0 Å². The second-order valence-corrected chi connectivity index (χ2v) is 11.2. The highest BCUT2D eigenvalue weighted by molar-refractivity contribution is 7.12. The second-order valence-electron chi connectivity index (χ2n) is 9.29. The minimum atomic E-state index is -1.72. The van der Waals surface area contributed by atoms with Crippen LogP contribution in [-0.2, 0) is 15.1 Å². The van der Waals surface area contributed by atoms with Gasteiger partial charge in [0.1, 0.15) is 6.54 Å². The number of piperidine rings is 3. The van der Waals surface area contributed by atoms with Crippen LogP contribution in [-0.4, -0.2) is 54.4 Å². The Hall–Kier alpha value is -2.19. The van der Waals surface area contributed by atoms with Crippen LogP contribution < -0.4 is 5.32 Å². The molecule has 2 N–H and O–H groups in total. The van der Waals surface area contributed by atoms with Gasteiger partial charge in [-0.2, -0.15) is 0 Å². The molecule has 3 aliphatic heterocycles. The van der Waals surface area contributed by atoms with Crippen LogP contribution in [0.2, 0.25) is 0 Å². The van der Waals surface area contributed by atoms with Crippen molar-refractivity contribution in [1.29, 1.82) is 0 Å². The van der Waals surface area contributed by atoms with Crippen LogP contribution in [0.1, 0.15) is 29.0 Å². The van der Waals surface area contributed by atoms with Crippen LogP contribution in [0.25, 0.3) is 0 Å². The molecular formula is C26H31N2O3S2+. The van der Waals surface area contributed by atoms with E-state index >= 15 is 0 Å². The van der Waals surface area contributed by atoms with Gasteiger partial charge in [0.25, 0.3) is 0 Å². The fourth-order valence-electron chi connectivity index (χ4n) is 5.39. The Kier molecular flexibility index (Phi) is 6.56. The van der Waals surface area contributed by atoms with E-state index in [0.29, 0.717) is 15.7 Å². The number of para-hydroxylation sites is 1. The van der Waals surface area contributed by atoms with E-state index in [4.69, 9.17) is 4.74 Å². The van der Waals surface area contributed by atoms with Crippen LogP contribution >= 0.6 is 22.7 Å². The number of hydrogen-bond acceptors (Lipinski definition) is 6. The van der Waals surface area contributed by atoms with Crippen molar-refractivity contribution in [2.45, 2.75) is 31.0 Å². The number of thiophene rings is 2. The summed E-state index contributed by atoms with van der Waals surface area (Å²) in [6.07, 6.45) is 3.11. The monoisotopic (exact) mass is 483 g/mol. The van der Waals surface area contributed by atoms with Crippen molar-refractivity contribution in [2.24, 2.45) is 5.92 Å². The zero-order valence-electron chi connectivity index (χ0n) is 18.7. The molecular weight excluding hydrogens is 452 g/mol. The van der Waals surface area contributed by atoms with Crippen LogP contribution in [0, 0.1) is 5.92 Å². The fourth-order valence-corrected chi connectivity index (χ4v) is 7.10. The first-order valence-corrected chi connectivity index (χ1v) is 13.5. The third kappa shape index (κ3) is 4.60. The molecule has 2 aromatic heterocycles. The topological polar surface area (TPSA) is 58.6 Å². The van der Waals surface area contributed by atoms with Gasteiger partial charge in [-0.3, -0.25) is 0 Å². The molecule has 3 saturated heterocycles. The van der Waals surface area contributed by atoms with E-state index in [-0.39, 0.29) is 6.10 Å². The number of carbonyl (C=O) groups excluding carboxylic acids is 1. The molecule has 0 amide bonds. The first-order chi connectivity index (χ1) is 16.1. The molecule has 3 aliphatic rings. The number of hydrogen-bond donors (Lipinski definition) is 2. The molecule has 0 aliphatic carbocycles. The molecule has 5 nitrogen and oxygen atoms in total. The summed E-state index contributed by atoms with van der Waals surface area (Å²) in [5, 5.41) is 18.9. The zero-order valence-corrected chi connectivity index (χ0v) is 20.3. The molecule has 2 bridgehead atoms. The Morgan fingerprint density at radius 3 is 2.30 bits per heavy atom. The van der Waals surface area contributed by atoms with Crippen LogP contribution in [0.4, 0.5) is 5.69 Å². The second kappa shape index (κ2) is 9.58. The van der Waals surface area contributed by atoms with Gasteiger partial charge in [0.2, 0.25) is 5.60 Å².